The third-order valence-electron chi connectivity index (χ3n) is 19.8. The van der Waals surface area contributed by atoms with Crippen molar-refractivity contribution in [1.29, 1.82) is 0 Å². The summed E-state index contributed by atoms with van der Waals surface area (Å²) < 4.78 is 68.8. The van der Waals surface area contributed by atoms with Gasteiger partial charge in [0.2, 0.25) is 0 Å². The normalized spacial score (nSPS) is 14.1. The average Bonchev–Trinajstić information content (AvgIpc) is 0.941. The Morgan fingerprint density at radius 3 is 0.745 bits per heavy atom. The number of esters is 4. The zero-order valence-corrected chi connectivity index (χ0v) is 68.7. The summed E-state index contributed by atoms with van der Waals surface area (Å²) in [6.07, 6.45) is 65.2. The van der Waals surface area contributed by atoms with Gasteiger partial charge in [-0.15, -0.1) is 0 Å². The standard InChI is InChI=1S/C83H162O17P2/c1-7-10-12-14-16-18-20-22-24-25-26-31-34-38-42-46-53-59-65-80(85)93-71-78(99-82(87)67-62-56-48-44-40-36-32-28-27-30-33-37-41-45-51-57-63-75(4)5)73-97-101(89,90)95-69-77(84)70-96-102(91,92)98-74-79(72-94-81(86)66-60-54-50-49-52-58-64-76(6)9-3)100-83(88)68-61-55-47-43-39-35-29-23-21-19-17-15-13-11-8-2/h75-79,84H,7-74H2,1-6H3,(H,89,90)(H,91,92)/t76?,77-,78-,79-/m1/s1. The van der Waals surface area contributed by atoms with Crippen LogP contribution in [0.15, 0.2) is 0 Å². The lowest BCUT2D eigenvalue weighted by atomic mass is 10.00. The number of aliphatic hydroxyl groups is 1. The van der Waals surface area contributed by atoms with E-state index in [1.165, 1.54) is 250 Å². The lowest BCUT2D eigenvalue weighted by molar-refractivity contribution is -0.161. The summed E-state index contributed by atoms with van der Waals surface area (Å²) in [5.41, 5.74) is 0. The Bertz CT molecular complexity index is 1960. The molecule has 0 aromatic heterocycles. The Balaban J connectivity index is 5.24. The second kappa shape index (κ2) is 74.5. The molecule has 0 saturated heterocycles. The molecule has 606 valence electrons. The summed E-state index contributed by atoms with van der Waals surface area (Å²) >= 11 is 0. The Morgan fingerprint density at radius 1 is 0.284 bits per heavy atom. The smallest absolute Gasteiger partial charge is 0.462 e. The van der Waals surface area contributed by atoms with E-state index in [1.54, 1.807) is 0 Å². The quantitative estimate of drug-likeness (QED) is 0.0222. The fraction of sp³-hybridized carbons (Fsp3) is 0.952. The summed E-state index contributed by atoms with van der Waals surface area (Å²) in [7, 11) is -9.92. The van der Waals surface area contributed by atoms with Crippen LogP contribution in [-0.4, -0.2) is 96.7 Å². The summed E-state index contributed by atoms with van der Waals surface area (Å²) in [6.45, 7) is 9.65. The lowest BCUT2D eigenvalue weighted by Crippen LogP contribution is -2.30. The number of ether oxygens (including phenoxy) is 4. The number of rotatable bonds is 82. The van der Waals surface area contributed by atoms with Crippen molar-refractivity contribution < 1.29 is 80.2 Å². The van der Waals surface area contributed by atoms with E-state index in [1.807, 2.05) is 0 Å². The molecule has 0 bridgehead atoms. The molecular weight excluding hydrogens is 1330 g/mol. The minimum Gasteiger partial charge on any atom is -0.462 e. The third kappa shape index (κ3) is 74.9. The molecule has 0 saturated carbocycles. The fourth-order valence-corrected chi connectivity index (χ4v) is 14.4. The van der Waals surface area contributed by atoms with Crippen molar-refractivity contribution in [2.45, 2.75) is 458 Å². The highest BCUT2D eigenvalue weighted by atomic mass is 31.2. The predicted molar refractivity (Wildman–Crippen MR) is 418 cm³/mol. The van der Waals surface area contributed by atoms with Crippen molar-refractivity contribution in [2.75, 3.05) is 39.6 Å². The van der Waals surface area contributed by atoms with Gasteiger partial charge >= 0.3 is 39.5 Å². The van der Waals surface area contributed by atoms with Crippen LogP contribution in [0.25, 0.3) is 0 Å². The Labute approximate surface area is 626 Å². The van der Waals surface area contributed by atoms with Gasteiger partial charge in [-0.2, -0.15) is 0 Å². The number of carbonyl (C=O) groups excluding carboxylic acids is 4. The van der Waals surface area contributed by atoms with Gasteiger partial charge in [0.05, 0.1) is 26.4 Å². The van der Waals surface area contributed by atoms with E-state index in [2.05, 4.69) is 41.5 Å². The first-order chi connectivity index (χ1) is 49.4. The van der Waals surface area contributed by atoms with Gasteiger partial charge in [0, 0.05) is 25.7 Å². The van der Waals surface area contributed by atoms with Crippen molar-refractivity contribution in [3.8, 4) is 0 Å². The zero-order chi connectivity index (χ0) is 74.9. The van der Waals surface area contributed by atoms with Crippen LogP contribution < -0.4 is 0 Å². The molecule has 0 aliphatic rings. The van der Waals surface area contributed by atoms with Crippen LogP contribution in [0.2, 0.25) is 0 Å². The van der Waals surface area contributed by atoms with Crippen LogP contribution in [0, 0.1) is 11.8 Å². The summed E-state index contributed by atoms with van der Waals surface area (Å²) in [6, 6.07) is 0. The van der Waals surface area contributed by atoms with Gasteiger partial charge in [0.15, 0.2) is 12.2 Å². The van der Waals surface area contributed by atoms with Crippen molar-refractivity contribution >= 4 is 39.5 Å². The van der Waals surface area contributed by atoms with Crippen LogP contribution in [0.1, 0.15) is 440 Å². The monoisotopic (exact) mass is 1490 g/mol. The maximum absolute atomic E-state index is 13.1. The van der Waals surface area contributed by atoms with Gasteiger partial charge < -0.3 is 33.8 Å². The van der Waals surface area contributed by atoms with E-state index in [0.717, 1.165) is 108 Å². The van der Waals surface area contributed by atoms with Crippen molar-refractivity contribution in [3.05, 3.63) is 0 Å². The van der Waals surface area contributed by atoms with Crippen LogP contribution in [0.5, 0.6) is 0 Å². The zero-order valence-electron chi connectivity index (χ0n) is 66.9. The maximum atomic E-state index is 13.1. The van der Waals surface area contributed by atoms with Gasteiger partial charge in [-0.05, 0) is 37.5 Å². The molecular formula is C83H162O17P2. The van der Waals surface area contributed by atoms with E-state index >= 15 is 0 Å². The van der Waals surface area contributed by atoms with E-state index in [9.17, 15) is 43.2 Å². The molecule has 102 heavy (non-hydrogen) atoms. The molecule has 0 heterocycles. The molecule has 3 N–H and O–H groups in total. The Hall–Kier alpha value is -1.94. The van der Waals surface area contributed by atoms with Crippen molar-refractivity contribution in [3.63, 3.8) is 0 Å². The number of unbranched alkanes of at least 4 members (excludes halogenated alkanes) is 51. The third-order valence-corrected chi connectivity index (χ3v) is 21.7. The average molecular weight is 1490 g/mol. The molecule has 0 spiro atoms. The SMILES string of the molecule is CCCCCCCCCCCCCCCCCCCCC(=O)OC[C@H](COP(=O)(O)OC[C@@H](O)COP(=O)(O)OC[C@@H](COC(=O)CCCCCCCCC(C)CC)OC(=O)CCCCCCCCCCCCCCCCC)OC(=O)CCCCCCCCCCCCCCCCCCC(C)C. The second-order valence-electron chi connectivity index (χ2n) is 30.6. The molecule has 6 atom stereocenters. The number of hydrogen-bond donors (Lipinski definition) is 3. The van der Waals surface area contributed by atoms with Gasteiger partial charge in [0.25, 0.3) is 0 Å². The number of hydrogen-bond acceptors (Lipinski definition) is 15. The van der Waals surface area contributed by atoms with E-state index in [0.29, 0.717) is 25.7 Å². The molecule has 0 aliphatic heterocycles. The van der Waals surface area contributed by atoms with Crippen LogP contribution >= 0.6 is 15.6 Å². The fourth-order valence-electron chi connectivity index (χ4n) is 12.9. The highest BCUT2D eigenvalue weighted by molar-refractivity contribution is 7.47. The molecule has 3 unspecified atom stereocenters. The van der Waals surface area contributed by atoms with Crippen LogP contribution in [-0.2, 0) is 65.4 Å². The van der Waals surface area contributed by atoms with Crippen molar-refractivity contribution in [2.24, 2.45) is 11.8 Å². The van der Waals surface area contributed by atoms with E-state index in [-0.39, 0.29) is 25.7 Å². The summed E-state index contributed by atoms with van der Waals surface area (Å²) in [4.78, 5) is 73.1. The first-order valence-corrected chi connectivity index (χ1v) is 46.0. The largest absolute Gasteiger partial charge is 0.472 e. The van der Waals surface area contributed by atoms with Crippen molar-refractivity contribution in [1.82, 2.24) is 0 Å². The topological polar surface area (TPSA) is 237 Å². The lowest BCUT2D eigenvalue weighted by Gasteiger charge is -2.21. The first-order valence-electron chi connectivity index (χ1n) is 43.0. The van der Waals surface area contributed by atoms with Gasteiger partial charge in [-0.3, -0.25) is 37.3 Å². The number of carbonyl (C=O) groups is 4. The summed E-state index contributed by atoms with van der Waals surface area (Å²) in [5, 5.41) is 10.7. The van der Waals surface area contributed by atoms with Crippen LogP contribution in [0.3, 0.4) is 0 Å². The molecule has 0 aromatic rings. The van der Waals surface area contributed by atoms with Gasteiger partial charge in [-0.25, -0.2) is 9.13 Å². The van der Waals surface area contributed by atoms with Crippen LogP contribution in [0.4, 0.5) is 0 Å². The number of aliphatic hydroxyl groups excluding tert-OH is 1. The molecule has 0 fully saturated rings. The highest BCUT2D eigenvalue weighted by Gasteiger charge is 2.30. The molecule has 0 radical (unpaired) electrons. The molecule has 0 aromatic carbocycles. The molecule has 0 rings (SSSR count). The number of phosphoric ester groups is 2. The Kier molecular flexibility index (Phi) is 73.1. The maximum Gasteiger partial charge on any atom is 0.472 e. The predicted octanol–water partition coefficient (Wildman–Crippen LogP) is 25.1. The highest BCUT2D eigenvalue weighted by Crippen LogP contribution is 2.45. The van der Waals surface area contributed by atoms with E-state index < -0.39 is 97.5 Å². The molecule has 19 heteroatoms. The van der Waals surface area contributed by atoms with E-state index in [4.69, 9.17) is 37.0 Å². The Morgan fingerprint density at radius 2 is 0.500 bits per heavy atom. The van der Waals surface area contributed by atoms with Gasteiger partial charge in [0.1, 0.15) is 19.3 Å². The second-order valence-corrected chi connectivity index (χ2v) is 33.5. The molecule has 0 aliphatic carbocycles. The van der Waals surface area contributed by atoms with Gasteiger partial charge in [-0.1, -0.05) is 388 Å². The minimum atomic E-state index is -4.96. The molecule has 0 amide bonds. The minimum absolute atomic E-state index is 0.107. The molecule has 17 nitrogen and oxygen atoms in total. The summed E-state index contributed by atoms with van der Waals surface area (Å²) in [5.74, 6) is -0.566. The first kappa shape index (κ1) is 100. The number of phosphoric acid groups is 2.